The van der Waals surface area contributed by atoms with Crippen LogP contribution in [-0.4, -0.2) is 38.5 Å². The monoisotopic (exact) mass is 330 g/mol. The molecule has 0 radical (unpaired) electrons. The Kier molecular flexibility index (Phi) is 4.75. The van der Waals surface area contributed by atoms with Crippen LogP contribution in [0.15, 0.2) is 34.0 Å². The van der Waals surface area contributed by atoms with Crippen molar-refractivity contribution >= 4 is 5.82 Å². The summed E-state index contributed by atoms with van der Waals surface area (Å²) >= 11 is 0. The molecule has 0 amide bonds. The average Bonchev–Trinajstić information content (AvgIpc) is 2.63. The predicted molar refractivity (Wildman–Crippen MR) is 91.0 cm³/mol. The Bertz CT molecular complexity index is 814. The molecule has 0 saturated carbocycles. The zero-order valence-electron chi connectivity index (χ0n) is 14.0. The summed E-state index contributed by atoms with van der Waals surface area (Å²) in [5.74, 6) is 0.880. The topological polar surface area (TPSA) is 85.1 Å². The van der Waals surface area contributed by atoms with Crippen LogP contribution in [0.25, 0.3) is 0 Å². The Labute approximate surface area is 139 Å². The number of piperidine rings is 1. The molecule has 1 aliphatic heterocycles. The van der Waals surface area contributed by atoms with E-state index in [1.807, 2.05) is 12.1 Å². The Morgan fingerprint density at radius 2 is 2.12 bits per heavy atom. The van der Waals surface area contributed by atoms with E-state index in [1.165, 1.54) is 17.7 Å². The van der Waals surface area contributed by atoms with Crippen LogP contribution in [0.2, 0.25) is 0 Å². The molecule has 1 fully saturated rings. The second kappa shape index (κ2) is 6.96. The third-order valence-electron chi connectivity index (χ3n) is 4.50. The molecule has 0 aliphatic carbocycles. The molecule has 1 aliphatic rings. The van der Waals surface area contributed by atoms with Gasteiger partial charge in [-0.2, -0.15) is 5.10 Å². The highest BCUT2D eigenvalue weighted by atomic mass is 16.2. The number of nitrogens with zero attached hydrogens (tertiary/aromatic N) is 5. The Hall–Kier alpha value is -2.48. The molecule has 3 rings (SSSR count). The van der Waals surface area contributed by atoms with Gasteiger partial charge < -0.3 is 10.2 Å². The number of anilines is 1. The van der Waals surface area contributed by atoms with Gasteiger partial charge in [-0.15, -0.1) is 5.10 Å². The van der Waals surface area contributed by atoms with Crippen molar-refractivity contribution in [3.63, 3.8) is 0 Å². The van der Waals surface area contributed by atoms with Gasteiger partial charge in [-0.05, 0) is 25.0 Å². The van der Waals surface area contributed by atoms with Crippen LogP contribution in [-0.2, 0) is 20.6 Å². The summed E-state index contributed by atoms with van der Waals surface area (Å²) in [6.07, 6.45) is 3.78. The second-order valence-electron chi connectivity index (χ2n) is 6.12. The smallest absolute Gasteiger partial charge is 0.330 e. The fourth-order valence-electron chi connectivity index (χ4n) is 3.01. The van der Waals surface area contributed by atoms with Crippen molar-refractivity contribution < 1.29 is 0 Å². The predicted octanol–water partition coefficient (Wildman–Crippen LogP) is -0.367. The highest BCUT2D eigenvalue weighted by Gasteiger charge is 2.21. The van der Waals surface area contributed by atoms with Crippen LogP contribution >= 0.6 is 0 Å². The van der Waals surface area contributed by atoms with E-state index >= 15 is 0 Å². The minimum atomic E-state index is -0.302. The first-order valence-electron chi connectivity index (χ1n) is 8.08. The standard InChI is InChI=1S/C16H22N6O2/c1-20-13(9-15(23)21(2)16(20)24)10-17-12-5-4-8-22(11-12)14-6-3-7-18-19-14/h3,6-7,9,12,17H,4-5,8,10-11H2,1-2H3/t12-/m0/s1. The van der Waals surface area contributed by atoms with Gasteiger partial charge in [0.1, 0.15) is 0 Å². The van der Waals surface area contributed by atoms with E-state index in [4.69, 9.17) is 0 Å². The Morgan fingerprint density at radius 1 is 1.29 bits per heavy atom. The normalized spacial score (nSPS) is 17.9. The van der Waals surface area contributed by atoms with E-state index < -0.39 is 0 Å². The maximum atomic E-state index is 12.0. The van der Waals surface area contributed by atoms with Crippen molar-refractivity contribution in [3.05, 3.63) is 50.9 Å². The molecule has 24 heavy (non-hydrogen) atoms. The van der Waals surface area contributed by atoms with Crippen LogP contribution in [0.5, 0.6) is 0 Å². The molecule has 1 saturated heterocycles. The third kappa shape index (κ3) is 3.38. The molecule has 1 N–H and O–H groups in total. The van der Waals surface area contributed by atoms with Gasteiger partial charge >= 0.3 is 5.69 Å². The van der Waals surface area contributed by atoms with E-state index in [9.17, 15) is 9.59 Å². The lowest BCUT2D eigenvalue weighted by Gasteiger charge is -2.33. The lowest BCUT2D eigenvalue weighted by atomic mass is 10.1. The molecule has 128 valence electrons. The third-order valence-corrected chi connectivity index (χ3v) is 4.50. The van der Waals surface area contributed by atoms with Crippen LogP contribution in [0.1, 0.15) is 18.5 Å². The van der Waals surface area contributed by atoms with Gasteiger partial charge in [-0.1, -0.05) is 0 Å². The van der Waals surface area contributed by atoms with Crippen molar-refractivity contribution in [2.75, 3.05) is 18.0 Å². The minimum absolute atomic E-state index is 0.278. The fourth-order valence-corrected chi connectivity index (χ4v) is 3.01. The molecule has 2 aromatic heterocycles. The van der Waals surface area contributed by atoms with Gasteiger partial charge in [-0.25, -0.2) is 4.79 Å². The Morgan fingerprint density at radius 3 is 2.88 bits per heavy atom. The minimum Gasteiger partial charge on any atom is -0.354 e. The zero-order valence-corrected chi connectivity index (χ0v) is 14.0. The molecule has 0 spiro atoms. The van der Waals surface area contributed by atoms with Crippen molar-refractivity contribution in [2.45, 2.75) is 25.4 Å². The number of hydrogen-bond donors (Lipinski definition) is 1. The van der Waals surface area contributed by atoms with Gasteiger partial charge in [0, 0.05) is 57.7 Å². The maximum Gasteiger partial charge on any atom is 0.330 e. The molecule has 1 atom stereocenters. The lowest BCUT2D eigenvalue weighted by Crippen LogP contribution is -2.47. The summed E-state index contributed by atoms with van der Waals surface area (Å²) in [7, 11) is 3.17. The van der Waals surface area contributed by atoms with Crippen LogP contribution in [0.3, 0.4) is 0 Å². The van der Waals surface area contributed by atoms with Crippen molar-refractivity contribution in [3.8, 4) is 0 Å². The van der Waals surface area contributed by atoms with Gasteiger partial charge in [0.25, 0.3) is 5.56 Å². The SMILES string of the molecule is Cn1c(CN[C@H]2CCCN(c3cccnn3)C2)cc(=O)n(C)c1=O. The van der Waals surface area contributed by atoms with E-state index in [0.29, 0.717) is 12.2 Å². The summed E-state index contributed by atoms with van der Waals surface area (Å²) in [6.45, 7) is 2.28. The van der Waals surface area contributed by atoms with Gasteiger partial charge in [0.15, 0.2) is 5.82 Å². The average molecular weight is 330 g/mol. The molecule has 0 unspecified atom stereocenters. The highest BCUT2D eigenvalue weighted by Crippen LogP contribution is 2.16. The zero-order chi connectivity index (χ0) is 17.1. The highest BCUT2D eigenvalue weighted by molar-refractivity contribution is 5.37. The van der Waals surface area contributed by atoms with Crippen LogP contribution in [0, 0.1) is 0 Å². The number of nitrogens with one attached hydrogen (secondary N) is 1. The quantitative estimate of drug-likeness (QED) is 0.823. The van der Waals surface area contributed by atoms with E-state index in [2.05, 4.69) is 20.4 Å². The second-order valence-corrected chi connectivity index (χ2v) is 6.12. The molecule has 8 nitrogen and oxygen atoms in total. The lowest BCUT2D eigenvalue weighted by molar-refractivity contribution is 0.413. The van der Waals surface area contributed by atoms with E-state index in [0.717, 1.165) is 36.3 Å². The van der Waals surface area contributed by atoms with Gasteiger partial charge in [0.2, 0.25) is 0 Å². The first-order valence-corrected chi connectivity index (χ1v) is 8.08. The molecular weight excluding hydrogens is 308 g/mol. The summed E-state index contributed by atoms with van der Waals surface area (Å²) in [6, 6.07) is 5.63. The number of rotatable bonds is 4. The van der Waals surface area contributed by atoms with Crippen LogP contribution < -0.4 is 21.5 Å². The molecule has 0 bridgehead atoms. The van der Waals surface area contributed by atoms with Gasteiger partial charge in [0.05, 0.1) is 0 Å². The summed E-state index contributed by atoms with van der Waals surface area (Å²) < 4.78 is 2.62. The largest absolute Gasteiger partial charge is 0.354 e. The van der Waals surface area contributed by atoms with Crippen molar-refractivity contribution in [1.82, 2.24) is 24.6 Å². The van der Waals surface area contributed by atoms with E-state index in [-0.39, 0.29) is 17.3 Å². The van der Waals surface area contributed by atoms with E-state index in [1.54, 1.807) is 13.2 Å². The summed E-state index contributed by atoms with van der Waals surface area (Å²) in [5.41, 5.74) is 0.114. The fraction of sp³-hybridized carbons (Fsp3) is 0.500. The molecule has 8 heteroatoms. The maximum absolute atomic E-state index is 12.0. The first-order chi connectivity index (χ1) is 11.6. The number of aromatic nitrogens is 4. The molecule has 3 heterocycles. The van der Waals surface area contributed by atoms with Crippen molar-refractivity contribution in [2.24, 2.45) is 14.1 Å². The summed E-state index contributed by atoms with van der Waals surface area (Å²) in [4.78, 5) is 26.0. The number of hydrogen-bond acceptors (Lipinski definition) is 6. The molecular formula is C16H22N6O2. The first kappa shape index (κ1) is 16.4. The van der Waals surface area contributed by atoms with Crippen LogP contribution in [0.4, 0.5) is 5.82 Å². The van der Waals surface area contributed by atoms with Gasteiger partial charge in [-0.3, -0.25) is 13.9 Å². The Balaban J connectivity index is 1.67. The molecule has 0 aromatic carbocycles. The van der Waals surface area contributed by atoms with Crippen molar-refractivity contribution in [1.29, 1.82) is 0 Å². The summed E-state index contributed by atoms with van der Waals surface area (Å²) in [5, 5.41) is 11.5. The molecule has 2 aromatic rings.